The van der Waals surface area contributed by atoms with E-state index >= 15 is 0 Å². The predicted molar refractivity (Wildman–Crippen MR) is 118 cm³/mol. The minimum atomic E-state index is -0.0290. The predicted octanol–water partition coefficient (Wildman–Crippen LogP) is 3.86. The molecule has 0 saturated carbocycles. The molecule has 6 nitrogen and oxygen atoms in total. The van der Waals surface area contributed by atoms with Crippen LogP contribution < -0.4 is 0 Å². The molecule has 2 amide bonds. The molecular formula is C22H23ClN4O2S. The third-order valence-electron chi connectivity index (χ3n) is 5.46. The summed E-state index contributed by atoms with van der Waals surface area (Å²) in [6.07, 6.45) is 0. The normalized spacial score (nSPS) is 14.2. The zero-order valence-corrected chi connectivity index (χ0v) is 18.5. The van der Waals surface area contributed by atoms with Crippen molar-refractivity contribution in [1.29, 1.82) is 0 Å². The zero-order chi connectivity index (χ0) is 21.3. The van der Waals surface area contributed by atoms with Gasteiger partial charge in [0.2, 0.25) is 0 Å². The van der Waals surface area contributed by atoms with E-state index in [2.05, 4.69) is 5.10 Å². The molecule has 0 radical (unpaired) electrons. The van der Waals surface area contributed by atoms with Crippen molar-refractivity contribution < 1.29 is 9.59 Å². The standard InChI is InChI=1S/C22H23ClN4O2S/c1-15-20(16(2)27(24-15)14-17-6-3-4-7-18(17)23)22(29)26-11-9-25(10-12-26)21(28)19-8-5-13-30-19/h3-8,13H,9-12,14H2,1-2H3. The van der Waals surface area contributed by atoms with Crippen LogP contribution in [0.5, 0.6) is 0 Å². The van der Waals surface area contributed by atoms with Gasteiger partial charge >= 0.3 is 0 Å². The van der Waals surface area contributed by atoms with Gasteiger partial charge in [0.15, 0.2) is 0 Å². The Balaban J connectivity index is 1.46. The number of rotatable bonds is 4. The van der Waals surface area contributed by atoms with Gasteiger partial charge in [-0.05, 0) is 36.9 Å². The first-order valence-electron chi connectivity index (χ1n) is 9.85. The number of carbonyl (C=O) groups is 2. The molecule has 0 unspecified atom stereocenters. The largest absolute Gasteiger partial charge is 0.335 e. The number of piperazine rings is 1. The van der Waals surface area contributed by atoms with E-state index in [1.165, 1.54) is 11.3 Å². The van der Waals surface area contributed by atoms with Crippen molar-refractivity contribution in [2.24, 2.45) is 0 Å². The van der Waals surface area contributed by atoms with Gasteiger partial charge in [0.05, 0.1) is 22.7 Å². The third-order valence-corrected chi connectivity index (χ3v) is 6.69. The highest BCUT2D eigenvalue weighted by atomic mass is 35.5. The van der Waals surface area contributed by atoms with Gasteiger partial charge in [-0.25, -0.2) is 0 Å². The first-order chi connectivity index (χ1) is 14.5. The highest BCUT2D eigenvalue weighted by Crippen LogP contribution is 2.21. The Kier molecular flexibility index (Phi) is 5.92. The second-order valence-electron chi connectivity index (χ2n) is 7.36. The fourth-order valence-electron chi connectivity index (χ4n) is 3.78. The summed E-state index contributed by atoms with van der Waals surface area (Å²) in [6.45, 7) is 6.40. The zero-order valence-electron chi connectivity index (χ0n) is 17.0. The number of hydrogen-bond acceptors (Lipinski definition) is 4. The average Bonchev–Trinajstić information content (AvgIpc) is 3.37. The molecule has 0 spiro atoms. The van der Waals surface area contributed by atoms with Gasteiger partial charge < -0.3 is 9.80 Å². The lowest BCUT2D eigenvalue weighted by Crippen LogP contribution is -2.50. The maximum atomic E-state index is 13.2. The van der Waals surface area contributed by atoms with E-state index in [9.17, 15) is 9.59 Å². The maximum Gasteiger partial charge on any atom is 0.264 e. The Morgan fingerprint density at radius 2 is 1.67 bits per heavy atom. The first kappa shape index (κ1) is 20.6. The minimum Gasteiger partial charge on any atom is -0.335 e. The third kappa shape index (κ3) is 4.00. The van der Waals surface area contributed by atoms with Crippen molar-refractivity contribution >= 4 is 34.8 Å². The molecule has 1 aliphatic rings. The van der Waals surface area contributed by atoms with E-state index in [1.54, 1.807) is 0 Å². The molecule has 3 aromatic rings. The molecule has 0 N–H and O–H groups in total. The topological polar surface area (TPSA) is 58.4 Å². The molecule has 4 rings (SSSR count). The summed E-state index contributed by atoms with van der Waals surface area (Å²) in [6, 6.07) is 11.4. The number of nitrogens with zero attached hydrogens (tertiary/aromatic N) is 4. The van der Waals surface area contributed by atoms with Gasteiger partial charge in [-0.1, -0.05) is 35.9 Å². The minimum absolute atomic E-state index is 0.0290. The molecule has 0 aliphatic carbocycles. The lowest BCUT2D eigenvalue weighted by molar-refractivity contribution is 0.0537. The van der Waals surface area contributed by atoms with Crippen molar-refractivity contribution in [2.75, 3.05) is 26.2 Å². The fraction of sp³-hybridized carbons (Fsp3) is 0.318. The molecule has 156 valence electrons. The number of thiophene rings is 1. The summed E-state index contributed by atoms with van der Waals surface area (Å²) >= 11 is 7.73. The van der Waals surface area contributed by atoms with E-state index in [-0.39, 0.29) is 11.8 Å². The summed E-state index contributed by atoms with van der Waals surface area (Å²) in [7, 11) is 0. The second-order valence-corrected chi connectivity index (χ2v) is 8.71. The molecule has 1 aromatic carbocycles. The number of halogens is 1. The Morgan fingerprint density at radius 1 is 1.00 bits per heavy atom. The quantitative estimate of drug-likeness (QED) is 0.616. The van der Waals surface area contributed by atoms with Crippen LogP contribution in [0.2, 0.25) is 5.02 Å². The Bertz CT molecular complexity index is 1070. The average molecular weight is 443 g/mol. The molecular weight excluding hydrogens is 420 g/mol. The fourth-order valence-corrected chi connectivity index (χ4v) is 4.66. The highest BCUT2D eigenvalue weighted by Gasteiger charge is 2.29. The monoisotopic (exact) mass is 442 g/mol. The summed E-state index contributed by atoms with van der Waals surface area (Å²) in [5.41, 5.74) is 3.14. The van der Waals surface area contributed by atoms with Crippen LogP contribution in [0.1, 0.15) is 37.0 Å². The Labute approximate surface area is 184 Å². The van der Waals surface area contributed by atoms with Crippen LogP contribution in [0.3, 0.4) is 0 Å². The van der Waals surface area contributed by atoms with E-state index in [1.807, 2.05) is 70.1 Å². The second kappa shape index (κ2) is 8.62. The lowest BCUT2D eigenvalue weighted by atomic mass is 10.1. The van der Waals surface area contributed by atoms with E-state index < -0.39 is 0 Å². The number of aryl methyl sites for hydroxylation is 1. The SMILES string of the molecule is Cc1nn(Cc2ccccc2Cl)c(C)c1C(=O)N1CCN(C(=O)c2cccs2)CC1. The Hall–Kier alpha value is -2.64. The smallest absolute Gasteiger partial charge is 0.264 e. The number of amides is 2. The molecule has 3 heterocycles. The molecule has 0 atom stereocenters. The van der Waals surface area contributed by atoms with Crippen LogP contribution in [0.25, 0.3) is 0 Å². The van der Waals surface area contributed by atoms with Crippen LogP contribution in [-0.2, 0) is 6.54 Å². The van der Waals surface area contributed by atoms with Gasteiger partial charge in [0, 0.05) is 36.9 Å². The molecule has 1 fully saturated rings. The number of aromatic nitrogens is 2. The molecule has 1 aliphatic heterocycles. The van der Waals surface area contributed by atoms with Crippen LogP contribution in [0.15, 0.2) is 41.8 Å². The lowest BCUT2D eigenvalue weighted by Gasteiger charge is -2.34. The molecule has 30 heavy (non-hydrogen) atoms. The molecule has 1 saturated heterocycles. The van der Waals surface area contributed by atoms with Crippen molar-refractivity contribution in [3.05, 3.63) is 74.2 Å². The summed E-state index contributed by atoms with van der Waals surface area (Å²) in [4.78, 5) is 30.1. The van der Waals surface area contributed by atoms with Crippen molar-refractivity contribution in [1.82, 2.24) is 19.6 Å². The van der Waals surface area contributed by atoms with Crippen LogP contribution >= 0.6 is 22.9 Å². The highest BCUT2D eigenvalue weighted by molar-refractivity contribution is 7.12. The molecule has 0 bridgehead atoms. The summed E-state index contributed by atoms with van der Waals surface area (Å²) in [5, 5.41) is 7.17. The van der Waals surface area contributed by atoms with E-state index in [0.29, 0.717) is 49.0 Å². The summed E-state index contributed by atoms with van der Waals surface area (Å²) < 4.78 is 1.83. The van der Waals surface area contributed by atoms with Crippen LogP contribution in [0, 0.1) is 13.8 Å². The van der Waals surface area contributed by atoms with Crippen molar-refractivity contribution in [3.8, 4) is 0 Å². The van der Waals surface area contributed by atoms with Crippen molar-refractivity contribution in [3.63, 3.8) is 0 Å². The number of carbonyl (C=O) groups excluding carboxylic acids is 2. The van der Waals surface area contributed by atoms with Crippen molar-refractivity contribution in [2.45, 2.75) is 20.4 Å². The first-order valence-corrected chi connectivity index (χ1v) is 11.1. The molecule has 8 heteroatoms. The number of hydrogen-bond donors (Lipinski definition) is 0. The maximum absolute atomic E-state index is 13.2. The van der Waals surface area contributed by atoms with Gasteiger partial charge in [-0.2, -0.15) is 5.10 Å². The van der Waals surface area contributed by atoms with Gasteiger partial charge in [-0.3, -0.25) is 14.3 Å². The van der Waals surface area contributed by atoms with E-state index in [0.717, 1.165) is 16.1 Å². The molecule has 2 aromatic heterocycles. The van der Waals surface area contributed by atoms with E-state index in [4.69, 9.17) is 11.6 Å². The Morgan fingerprint density at radius 3 is 2.30 bits per heavy atom. The van der Waals surface area contributed by atoms with Gasteiger partial charge in [-0.15, -0.1) is 11.3 Å². The van der Waals surface area contributed by atoms with Gasteiger partial charge in [0.25, 0.3) is 11.8 Å². The van der Waals surface area contributed by atoms with Gasteiger partial charge in [0.1, 0.15) is 0 Å². The number of benzene rings is 1. The van der Waals surface area contributed by atoms with Crippen LogP contribution in [0.4, 0.5) is 0 Å². The summed E-state index contributed by atoms with van der Waals surface area (Å²) in [5.74, 6) is 0.00986. The van der Waals surface area contributed by atoms with Crippen LogP contribution in [-0.4, -0.2) is 57.6 Å².